The number of hydrogen-bond acceptors (Lipinski definition) is 5. The molecule has 0 unspecified atom stereocenters. The van der Waals surface area contributed by atoms with E-state index in [0.717, 1.165) is 36.0 Å². The van der Waals surface area contributed by atoms with Gasteiger partial charge in [-0.15, -0.1) is 0 Å². The van der Waals surface area contributed by atoms with Crippen molar-refractivity contribution in [2.75, 3.05) is 6.54 Å². The maximum Gasteiger partial charge on any atom is 0.274 e. The number of halogens is 1. The zero-order valence-corrected chi connectivity index (χ0v) is 22.7. The highest BCUT2D eigenvalue weighted by Gasteiger charge is 2.39. The monoisotopic (exact) mass is 553 g/mol. The largest absolute Gasteiger partial charge is 0.486 e. The van der Waals surface area contributed by atoms with E-state index in [1.807, 2.05) is 67.6 Å². The summed E-state index contributed by atoms with van der Waals surface area (Å²) in [5.41, 5.74) is 3.25. The molecule has 0 bridgehead atoms. The van der Waals surface area contributed by atoms with E-state index < -0.39 is 0 Å². The second-order valence-electron chi connectivity index (χ2n) is 10.2. The summed E-state index contributed by atoms with van der Waals surface area (Å²) in [7, 11) is 0. The Hall–Kier alpha value is -4.43. The highest BCUT2D eigenvalue weighted by Crippen LogP contribution is 2.44. The summed E-state index contributed by atoms with van der Waals surface area (Å²) in [5, 5.41) is 6.83. The van der Waals surface area contributed by atoms with Crippen molar-refractivity contribution < 1.29 is 9.53 Å². The van der Waals surface area contributed by atoms with Crippen molar-refractivity contribution in [2.24, 2.45) is 0 Å². The molecule has 2 N–H and O–H groups in total. The Morgan fingerprint density at radius 3 is 2.60 bits per heavy atom. The molecular weight excluding hydrogens is 526 g/mol. The summed E-state index contributed by atoms with van der Waals surface area (Å²) in [6, 6.07) is 24.3. The molecule has 8 nitrogen and oxygen atoms in total. The van der Waals surface area contributed by atoms with Gasteiger partial charge in [0.15, 0.2) is 5.82 Å². The topological polar surface area (TPSA) is 101 Å². The first kappa shape index (κ1) is 25.8. The molecule has 2 heterocycles. The Morgan fingerprint density at radius 1 is 1.05 bits per heavy atom. The number of H-pyrrole nitrogens is 1. The van der Waals surface area contributed by atoms with Crippen molar-refractivity contribution in [3.63, 3.8) is 0 Å². The van der Waals surface area contributed by atoms with Gasteiger partial charge in [-0.25, -0.2) is 4.98 Å². The van der Waals surface area contributed by atoms with Crippen LogP contribution in [0.5, 0.6) is 5.75 Å². The minimum Gasteiger partial charge on any atom is -0.486 e. The lowest BCUT2D eigenvalue weighted by Gasteiger charge is -2.42. The van der Waals surface area contributed by atoms with Crippen LogP contribution in [0.2, 0.25) is 5.02 Å². The fourth-order valence-corrected chi connectivity index (χ4v) is 5.45. The number of hydrogen-bond donors (Lipinski definition) is 2. The molecule has 1 fully saturated rings. The minimum atomic E-state index is -0.299. The van der Waals surface area contributed by atoms with Crippen LogP contribution in [-0.4, -0.2) is 32.0 Å². The van der Waals surface area contributed by atoms with E-state index in [1.165, 1.54) is 10.6 Å². The molecule has 1 saturated carbocycles. The van der Waals surface area contributed by atoms with Gasteiger partial charge < -0.3 is 10.1 Å². The van der Waals surface area contributed by atoms with Gasteiger partial charge in [0.05, 0.1) is 11.3 Å². The Kier molecular flexibility index (Phi) is 6.86. The second-order valence-corrected chi connectivity index (χ2v) is 10.7. The van der Waals surface area contributed by atoms with Crippen LogP contribution in [0.15, 0.2) is 83.7 Å². The molecule has 3 aromatic carbocycles. The molecule has 202 valence electrons. The molecule has 0 saturated heterocycles. The summed E-state index contributed by atoms with van der Waals surface area (Å²) in [6.45, 7) is 2.40. The molecule has 9 heteroatoms. The van der Waals surface area contributed by atoms with Gasteiger partial charge in [-0.05, 0) is 49.1 Å². The highest BCUT2D eigenvalue weighted by molar-refractivity contribution is 6.30. The van der Waals surface area contributed by atoms with Gasteiger partial charge in [-0.1, -0.05) is 72.6 Å². The standard InChI is InChI=1S/C31H28ClN5O3/c1-20-8-5-13-25(27(20)29(39)33-19-31(14-7-15-31)22-11-6-12-23(32)16-22)40-18-24-17-26(38)37-30(34-24)35-28(36-37)21-9-3-2-4-10-21/h2-6,8-13,16-17H,7,14-15,18-19H2,1H3,(H,33,39)(H,34,35,36). The zero-order chi connectivity index (χ0) is 27.7. The second kappa shape index (κ2) is 10.6. The Morgan fingerprint density at radius 2 is 1.85 bits per heavy atom. The summed E-state index contributed by atoms with van der Waals surface area (Å²) < 4.78 is 7.37. The van der Waals surface area contributed by atoms with E-state index >= 15 is 0 Å². The van der Waals surface area contributed by atoms with Crippen LogP contribution < -0.4 is 15.6 Å². The number of amides is 1. The molecule has 6 rings (SSSR count). The van der Waals surface area contributed by atoms with E-state index in [9.17, 15) is 9.59 Å². The van der Waals surface area contributed by atoms with Gasteiger partial charge in [0.25, 0.3) is 17.2 Å². The SMILES string of the molecule is Cc1cccc(OCc2cc(=O)n3[nH]c(-c4ccccc4)nc3n2)c1C(=O)NCC1(c2cccc(Cl)c2)CCC1. The number of aryl methyl sites for hydroxylation is 1. The number of ether oxygens (including phenoxy) is 1. The van der Waals surface area contributed by atoms with Crippen LogP contribution in [0.25, 0.3) is 17.2 Å². The third-order valence-corrected chi connectivity index (χ3v) is 7.84. The highest BCUT2D eigenvalue weighted by atomic mass is 35.5. The number of aromatic nitrogens is 4. The Bertz CT molecular complexity index is 1760. The van der Waals surface area contributed by atoms with Gasteiger partial charge >= 0.3 is 0 Å². The molecule has 1 aliphatic carbocycles. The van der Waals surface area contributed by atoms with Crippen molar-refractivity contribution in [3.05, 3.63) is 117 Å². The first-order valence-electron chi connectivity index (χ1n) is 13.2. The van der Waals surface area contributed by atoms with Crippen LogP contribution in [-0.2, 0) is 12.0 Å². The molecule has 2 aromatic heterocycles. The first-order valence-corrected chi connectivity index (χ1v) is 13.6. The lowest BCUT2D eigenvalue weighted by Crippen LogP contribution is -2.45. The summed E-state index contributed by atoms with van der Waals surface area (Å²) in [4.78, 5) is 35.2. The lowest BCUT2D eigenvalue weighted by atomic mass is 9.64. The number of nitrogens with one attached hydrogen (secondary N) is 2. The van der Waals surface area contributed by atoms with Crippen molar-refractivity contribution in [1.82, 2.24) is 24.9 Å². The summed E-state index contributed by atoms with van der Waals surface area (Å²) in [6.07, 6.45) is 3.10. The third-order valence-electron chi connectivity index (χ3n) is 7.60. The van der Waals surface area contributed by atoms with Gasteiger partial charge in [-0.3, -0.25) is 14.7 Å². The average molecular weight is 554 g/mol. The molecule has 1 amide bonds. The zero-order valence-electron chi connectivity index (χ0n) is 22.0. The van der Waals surface area contributed by atoms with Gasteiger partial charge in [0.2, 0.25) is 0 Å². The molecule has 1 aliphatic rings. The molecule has 0 aliphatic heterocycles. The van der Waals surface area contributed by atoms with Crippen molar-refractivity contribution in [1.29, 1.82) is 0 Å². The maximum absolute atomic E-state index is 13.4. The van der Waals surface area contributed by atoms with E-state index in [1.54, 1.807) is 6.07 Å². The smallest absolute Gasteiger partial charge is 0.274 e. The van der Waals surface area contributed by atoms with Gasteiger partial charge in [-0.2, -0.15) is 9.50 Å². The Balaban J connectivity index is 1.20. The summed E-state index contributed by atoms with van der Waals surface area (Å²) in [5.74, 6) is 1.02. The van der Waals surface area contributed by atoms with E-state index in [-0.39, 0.29) is 29.3 Å². The predicted molar refractivity (Wildman–Crippen MR) is 154 cm³/mol. The maximum atomic E-state index is 13.4. The van der Waals surface area contributed by atoms with Crippen molar-refractivity contribution in [3.8, 4) is 17.1 Å². The molecule has 5 aromatic rings. The van der Waals surface area contributed by atoms with Crippen LogP contribution in [0.1, 0.15) is 46.4 Å². The van der Waals surface area contributed by atoms with Crippen LogP contribution in [0.3, 0.4) is 0 Å². The Labute approximate surface area is 236 Å². The molecule has 0 radical (unpaired) electrons. The predicted octanol–water partition coefficient (Wildman–Crippen LogP) is 5.48. The average Bonchev–Trinajstić information content (AvgIpc) is 3.37. The summed E-state index contributed by atoms with van der Waals surface area (Å²) >= 11 is 6.25. The number of nitrogens with zero attached hydrogens (tertiary/aromatic N) is 3. The minimum absolute atomic E-state index is 0.00938. The number of aromatic amines is 1. The van der Waals surface area contributed by atoms with Crippen molar-refractivity contribution >= 4 is 23.3 Å². The van der Waals surface area contributed by atoms with Crippen molar-refractivity contribution in [2.45, 2.75) is 38.2 Å². The first-order chi connectivity index (χ1) is 19.4. The fraction of sp³-hybridized carbons (Fsp3) is 0.226. The number of benzene rings is 3. The fourth-order valence-electron chi connectivity index (χ4n) is 5.26. The van der Waals surface area contributed by atoms with E-state index in [2.05, 4.69) is 26.4 Å². The molecular formula is C31H28ClN5O3. The lowest BCUT2D eigenvalue weighted by molar-refractivity contribution is 0.0922. The number of carbonyl (C=O) groups excluding carboxylic acids is 1. The third kappa shape index (κ3) is 4.98. The number of carbonyl (C=O) groups is 1. The number of rotatable bonds is 8. The van der Waals surface area contributed by atoms with Crippen LogP contribution in [0, 0.1) is 6.92 Å². The van der Waals surface area contributed by atoms with Gasteiger partial charge in [0, 0.05) is 28.6 Å². The van der Waals surface area contributed by atoms with E-state index in [0.29, 0.717) is 34.4 Å². The quantitative estimate of drug-likeness (QED) is 0.265. The normalized spacial score (nSPS) is 14.1. The molecule has 40 heavy (non-hydrogen) atoms. The van der Waals surface area contributed by atoms with Gasteiger partial charge in [0.1, 0.15) is 12.4 Å². The molecule has 0 atom stereocenters. The van der Waals surface area contributed by atoms with Crippen LogP contribution >= 0.6 is 11.6 Å². The molecule has 0 spiro atoms. The van der Waals surface area contributed by atoms with Crippen LogP contribution in [0.4, 0.5) is 0 Å². The van der Waals surface area contributed by atoms with E-state index in [4.69, 9.17) is 16.3 Å². The number of fused-ring (bicyclic) bond motifs is 1.